The van der Waals surface area contributed by atoms with E-state index in [2.05, 4.69) is 11.9 Å². The fourth-order valence-electron chi connectivity index (χ4n) is 0.872. The van der Waals surface area contributed by atoms with E-state index in [4.69, 9.17) is 5.73 Å². The molecule has 0 aliphatic carbocycles. The number of nitrogens with two attached hydrogens (primary N) is 1. The van der Waals surface area contributed by atoms with E-state index in [0.29, 0.717) is 0 Å². The van der Waals surface area contributed by atoms with Crippen LogP contribution in [-0.2, 0) is 0 Å². The number of rotatable bonds is 2. The third-order valence-electron chi connectivity index (χ3n) is 1.33. The van der Waals surface area contributed by atoms with Gasteiger partial charge in [0.2, 0.25) is 0 Å². The van der Waals surface area contributed by atoms with Gasteiger partial charge in [-0.25, -0.2) is 4.98 Å². The van der Waals surface area contributed by atoms with E-state index in [9.17, 15) is 0 Å². The van der Waals surface area contributed by atoms with Crippen molar-refractivity contribution < 1.29 is 0 Å². The quantitative estimate of drug-likeness (QED) is 0.687. The van der Waals surface area contributed by atoms with Crippen LogP contribution in [0.2, 0.25) is 0 Å². The Hall–Kier alpha value is -0.700. The first-order chi connectivity index (χ1) is 5.24. The molecule has 0 unspecified atom stereocenters. The summed E-state index contributed by atoms with van der Waals surface area (Å²) in [5.41, 5.74) is 7.45. The van der Waals surface area contributed by atoms with Gasteiger partial charge in [0.05, 0.1) is 16.9 Å². The van der Waals surface area contributed by atoms with Crippen molar-refractivity contribution in [2.75, 3.05) is 11.5 Å². The molecule has 0 spiro atoms. The van der Waals surface area contributed by atoms with Crippen molar-refractivity contribution in [3.05, 3.63) is 17.8 Å². The molecule has 0 fully saturated rings. The molecule has 11 heavy (non-hydrogen) atoms. The highest BCUT2D eigenvalue weighted by atomic mass is 32.2. The average molecular weight is 168 g/mol. The van der Waals surface area contributed by atoms with E-state index in [0.717, 1.165) is 22.0 Å². The summed E-state index contributed by atoms with van der Waals surface area (Å²) in [6, 6.07) is 1.95. The van der Waals surface area contributed by atoms with Crippen LogP contribution in [0.5, 0.6) is 0 Å². The first-order valence-corrected chi connectivity index (χ1v) is 4.57. The topological polar surface area (TPSA) is 38.9 Å². The summed E-state index contributed by atoms with van der Waals surface area (Å²) < 4.78 is 0. The Kier molecular flexibility index (Phi) is 2.76. The minimum Gasteiger partial charge on any atom is -0.397 e. The molecule has 0 atom stereocenters. The maximum absolute atomic E-state index is 5.55. The first kappa shape index (κ1) is 8.40. The van der Waals surface area contributed by atoms with Crippen LogP contribution in [0.3, 0.4) is 0 Å². The number of hydrogen-bond donors (Lipinski definition) is 1. The average Bonchev–Trinajstić information content (AvgIpc) is 1.95. The number of aromatic nitrogens is 1. The predicted octanol–water partition coefficient (Wildman–Crippen LogP) is 2.08. The van der Waals surface area contributed by atoms with Crippen LogP contribution in [0.25, 0.3) is 0 Å². The molecule has 1 aromatic rings. The number of aryl methyl sites for hydroxylation is 1. The monoisotopic (exact) mass is 168 g/mol. The molecule has 60 valence electrons. The summed E-state index contributed by atoms with van der Waals surface area (Å²) in [5, 5.41) is 1.08. The molecule has 0 bridgehead atoms. The molecule has 0 saturated heterocycles. The van der Waals surface area contributed by atoms with Crippen molar-refractivity contribution in [1.82, 2.24) is 4.98 Å². The van der Waals surface area contributed by atoms with Crippen LogP contribution in [0.4, 0.5) is 5.69 Å². The normalized spacial score (nSPS) is 10.0. The van der Waals surface area contributed by atoms with E-state index in [1.54, 1.807) is 18.0 Å². The Labute approximate surface area is 71.2 Å². The lowest BCUT2D eigenvalue weighted by Gasteiger charge is -2.02. The lowest BCUT2D eigenvalue weighted by Crippen LogP contribution is -1.90. The largest absolute Gasteiger partial charge is 0.397 e. The van der Waals surface area contributed by atoms with Crippen molar-refractivity contribution in [3.8, 4) is 0 Å². The second kappa shape index (κ2) is 3.62. The lowest BCUT2D eigenvalue weighted by atomic mass is 10.3. The van der Waals surface area contributed by atoms with Gasteiger partial charge >= 0.3 is 0 Å². The van der Waals surface area contributed by atoms with Gasteiger partial charge in [0.1, 0.15) is 0 Å². The van der Waals surface area contributed by atoms with Gasteiger partial charge in [-0.15, -0.1) is 11.8 Å². The number of hydrogen-bond acceptors (Lipinski definition) is 3. The molecule has 0 aliphatic rings. The third kappa shape index (κ3) is 2.12. The highest BCUT2D eigenvalue weighted by molar-refractivity contribution is 7.99. The summed E-state index contributed by atoms with van der Waals surface area (Å²) in [5.74, 6) is 1.05. The summed E-state index contributed by atoms with van der Waals surface area (Å²) in [7, 11) is 0. The lowest BCUT2D eigenvalue weighted by molar-refractivity contribution is 1.08. The zero-order valence-corrected chi connectivity index (χ0v) is 7.61. The molecule has 0 amide bonds. The van der Waals surface area contributed by atoms with Gasteiger partial charge in [-0.05, 0) is 24.3 Å². The van der Waals surface area contributed by atoms with Gasteiger partial charge < -0.3 is 5.73 Å². The van der Waals surface area contributed by atoms with Gasteiger partial charge in [-0.1, -0.05) is 6.92 Å². The molecule has 2 N–H and O–H groups in total. The molecule has 1 heterocycles. The molecule has 3 heteroatoms. The summed E-state index contributed by atoms with van der Waals surface area (Å²) in [6.07, 6.45) is 1.70. The highest BCUT2D eigenvalue weighted by Crippen LogP contribution is 2.20. The van der Waals surface area contributed by atoms with Crippen molar-refractivity contribution in [2.24, 2.45) is 0 Å². The predicted molar refractivity (Wildman–Crippen MR) is 49.8 cm³/mol. The van der Waals surface area contributed by atoms with E-state index in [1.165, 1.54) is 0 Å². The second-order valence-corrected chi connectivity index (χ2v) is 3.58. The summed E-state index contributed by atoms with van der Waals surface area (Å²) >= 11 is 1.74. The number of nitrogens with zero attached hydrogens (tertiary/aromatic N) is 1. The number of anilines is 1. The maximum atomic E-state index is 5.55. The number of thioether (sulfide) groups is 1. The fourth-order valence-corrected chi connectivity index (χ4v) is 1.56. The molecule has 0 radical (unpaired) electrons. The molecule has 0 aromatic carbocycles. The SMILES string of the molecule is CCSc1ncc(N)cc1C. The van der Waals surface area contributed by atoms with E-state index >= 15 is 0 Å². The standard InChI is InChI=1S/C8H12N2S/c1-3-11-8-6(2)4-7(9)5-10-8/h4-5H,3,9H2,1-2H3. The van der Waals surface area contributed by atoms with Gasteiger partial charge in [0, 0.05) is 0 Å². The number of pyridine rings is 1. The van der Waals surface area contributed by atoms with E-state index in [1.807, 2.05) is 13.0 Å². The Bertz CT molecular complexity index is 248. The van der Waals surface area contributed by atoms with Crippen LogP contribution < -0.4 is 5.73 Å². The Morgan fingerprint density at radius 3 is 2.91 bits per heavy atom. The molecule has 2 nitrogen and oxygen atoms in total. The van der Waals surface area contributed by atoms with Gasteiger partial charge in [0.25, 0.3) is 0 Å². The molecule has 0 aliphatic heterocycles. The Morgan fingerprint density at radius 1 is 1.64 bits per heavy atom. The summed E-state index contributed by atoms with van der Waals surface area (Å²) in [4.78, 5) is 4.21. The molecule has 1 rings (SSSR count). The van der Waals surface area contributed by atoms with Crippen molar-refractivity contribution >= 4 is 17.4 Å². The van der Waals surface area contributed by atoms with Gasteiger partial charge in [-0.3, -0.25) is 0 Å². The summed E-state index contributed by atoms with van der Waals surface area (Å²) in [6.45, 7) is 4.14. The van der Waals surface area contributed by atoms with Crippen molar-refractivity contribution in [1.29, 1.82) is 0 Å². The first-order valence-electron chi connectivity index (χ1n) is 3.59. The number of nitrogen functional groups attached to an aromatic ring is 1. The Morgan fingerprint density at radius 2 is 2.36 bits per heavy atom. The Balaban J connectivity index is 2.90. The van der Waals surface area contributed by atoms with E-state index in [-0.39, 0.29) is 0 Å². The molecule has 1 aromatic heterocycles. The minimum absolute atomic E-state index is 0.739. The third-order valence-corrected chi connectivity index (χ3v) is 2.32. The van der Waals surface area contributed by atoms with Crippen LogP contribution in [-0.4, -0.2) is 10.7 Å². The molecular weight excluding hydrogens is 156 g/mol. The zero-order valence-electron chi connectivity index (χ0n) is 6.79. The molecular formula is C8H12N2S. The zero-order chi connectivity index (χ0) is 8.27. The highest BCUT2D eigenvalue weighted by Gasteiger charge is 1.98. The fraction of sp³-hybridized carbons (Fsp3) is 0.375. The second-order valence-electron chi connectivity index (χ2n) is 2.32. The molecule has 0 saturated carbocycles. The van der Waals surface area contributed by atoms with Crippen LogP contribution in [0, 0.1) is 6.92 Å². The van der Waals surface area contributed by atoms with Crippen LogP contribution in [0.1, 0.15) is 12.5 Å². The minimum atomic E-state index is 0.739. The van der Waals surface area contributed by atoms with Crippen LogP contribution in [0.15, 0.2) is 17.3 Å². The van der Waals surface area contributed by atoms with Crippen LogP contribution >= 0.6 is 11.8 Å². The van der Waals surface area contributed by atoms with Gasteiger partial charge in [0.15, 0.2) is 0 Å². The van der Waals surface area contributed by atoms with Crippen molar-refractivity contribution in [3.63, 3.8) is 0 Å². The van der Waals surface area contributed by atoms with Crippen molar-refractivity contribution in [2.45, 2.75) is 18.9 Å². The smallest absolute Gasteiger partial charge is 0.0990 e. The van der Waals surface area contributed by atoms with Gasteiger partial charge in [-0.2, -0.15) is 0 Å². The van der Waals surface area contributed by atoms with E-state index < -0.39 is 0 Å². The maximum Gasteiger partial charge on any atom is 0.0990 e.